The maximum Gasteiger partial charge on any atom is 0.225 e. The summed E-state index contributed by atoms with van der Waals surface area (Å²) >= 11 is 0. The normalized spacial score (nSPS) is 20.9. The standard InChI is InChI=1S/C21H41N5O/c1-17(9-10-21(2,3)4)24-20(22-5)23-11-12-25-13-15-26(16-14-25)19(27)18-7-6-8-18/h17-18H,6-16H2,1-5H3,(H2,22,23,24). The number of hydrogen-bond acceptors (Lipinski definition) is 3. The van der Waals surface area contributed by atoms with E-state index in [-0.39, 0.29) is 0 Å². The third-order valence-corrected chi connectivity index (χ3v) is 5.79. The third kappa shape index (κ3) is 7.68. The average Bonchev–Trinajstić information content (AvgIpc) is 2.57. The molecular formula is C21H41N5O. The number of rotatable bonds is 7. The number of carbonyl (C=O) groups excluding carboxylic acids is 1. The van der Waals surface area contributed by atoms with Gasteiger partial charge in [0, 0.05) is 58.3 Å². The van der Waals surface area contributed by atoms with Crippen LogP contribution in [0.15, 0.2) is 4.99 Å². The van der Waals surface area contributed by atoms with Crippen LogP contribution in [0.1, 0.15) is 59.8 Å². The predicted octanol–water partition coefficient (Wildman–Crippen LogP) is 2.31. The fourth-order valence-electron chi connectivity index (χ4n) is 3.59. The summed E-state index contributed by atoms with van der Waals surface area (Å²) in [5.41, 5.74) is 0.370. The van der Waals surface area contributed by atoms with Gasteiger partial charge in [-0.1, -0.05) is 27.2 Å². The Morgan fingerprint density at radius 3 is 2.37 bits per heavy atom. The topological polar surface area (TPSA) is 60.0 Å². The molecule has 1 heterocycles. The average molecular weight is 380 g/mol. The number of nitrogens with zero attached hydrogens (tertiary/aromatic N) is 3. The summed E-state index contributed by atoms with van der Waals surface area (Å²) < 4.78 is 0. The summed E-state index contributed by atoms with van der Waals surface area (Å²) in [6.07, 6.45) is 5.77. The third-order valence-electron chi connectivity index (χ3n) is 5.79. The molecule has 0 aromatic rings. The molecule has 1 amide bonds. The van der Waals surface area contributed by atoms with Crippen molar-refractivity contribution in [1.82, 2.24) is 20.4 Å². The molecule has 2 N–H and O–H groups in total. The first-order valence-corrected chi connectivity index (χ1v) is 10.8. The lowest BCUT2D eigenvalue weighted by atomic mass is 9.84. The molecule has 0 aromatic carbocycles. The van der Waals surface area contributed by atoms with Crippen molar-refractivity contribution in [2.45, 2.75) is 65.8 Å². The number of nitrogens with one attached hydrogen (secondary N) is 2. The smallest absolute Gasteiger partial charge is 0.225 e. The van der Waals surface area contributed by atoms with Crippen LogP contribution in [0, 0.1) is 11.3 Å². The van der Waals surface area contributed by atoms with Crippen LogP contribution in [-0.2, 0) is 4.79 Å². The maximum atomic E-state index is 12.3. The number of piperazine rings is 1. The highest BCUT2D eigenvalue weighted by Crippen LogP contribution is 2.28. The van der Waals surface area contributed by atoms with Crippen LogP contribution in [0.2, 0.25) is 0 Å². The van der Waals surface area contributed by atoms with E-state index in [0.717, 1.165) is 64.5 Å². The van der Waals surface area contributed by atoms with Gasteiger partial charge < -0.3 is 15.5 Å². The summed E-state index contributed by atoms with van der Waals surface area (Å²) in [4.78, 5) is 21.2. The highest BCUT2D eigenvalue weighted by molar-refractivity contribution is 5.80. The van der Waals surface area contributed by atoms with Crippen molar-refractivity contribution in [3.63, 3.8) is 0 Å². The van der Waals surface area contributed by atoms with Crippen LogP contribution in [0.25, 0.3) is 0 Å². The molecule has 1 saturated heterocycles. The van der Waals surface area contributed by atoms with Gasteiger partial charge in [0.15, 0.2) is 5.96 Å². The highest BCUT2D eigenvalue weighted by atomic mass is 16.2. The van der Waals surface area contributed by atoms with Crippen LogP contribution in [-0.4, -0.2) is 74.0 Å². The first kappa shape index (κ1) is 22.0. The first-order chi connectivity index (χ1) is 12.8. The number of guanidine groups is 1. The molecule has 6 heteroatoms. The Kier molecular flexibility index (Phi) is 8.39. The van der Waals surface area contributed by atoms with Gasteiger partial charge in [-0.2, -0.15) is 0 Å². The number of carbonyl (C=O) groups is 1. The van der Waals surface area contributed by atoms with Gasteiger partial charge in [-0.3, -0.25) is 14.7 Å². The monoisotopic (exact) mass is 379 g/mol. The van der Waals surface area contributed by atoms with Gasteiger partial charge in [-0.15, -0.1) is 0 Å². The summed E-state index contributed by atoms with van der Waals surface area (Å²) in [6, 6.07) is 0.413. The van der Waals surface area contributed by atoms with E-state index in [9.17, 15) is 4.79 Å². The first-order valence-electron chi connectivity index (χ1n) is 10.8. The van der Waals surface area contributed by atoms with Crippen molar-refractivity contribution in [1.29, 1.82) is 0 Å². The summed E-state index contributed by atoms with van der Waals surface area (Å²) in [6.45, 7) is 14.7. The van der Waals surface area contributed by atoms with Gasteiger partial charge in [0.25, 0.3) is 0 Å². The Labute approximate surface area is 166 Å². The van der Waals surface area contributed by atoms with Gasteiger partial charge in [0.2, 0.25) is 5.91 Å². The molecule has 0 spiro atoms. The summed E-state index contributed by atoms with van der Waals surface area (Å²) in [5.74, 6) is 1.61. The van der Waals surface area contributed by atoms with Crippen molar-refractivity contribution >= 4 is 11.9 Å². The molecule has 1 atom stereocenters. The van der Waals surface area contributed by atoms with Gasteiger partial charge in [-0.05, 0) is 38.0 Å². The molecule has 2 aliphatic rings. The van der Waals surface area contributed by atoms with Crippen molar-refractivity contribution in [3.05, 3.63) is 0 Å². The zero-order valence-corrected chi connectivity index (χ0v) is 18.2. The highest BCUT2D eigenvalue weighted by Gasteiger charge is 2.31. The zero-order valence-electron chi connectivity index (χ0n) is 18.2. The summed E-state index contributed by atoms with van der Waals surface area (Å²) in [5, 5.41) is 6.92. The Hall–Kier alpha value is -1.30. The van der Waals surface area contributed by atoms with Crippen LogP contribution in [0.3, 0.4) is 0 Å². The number of hydrogen-bond donors (Lipinski definition) is 2. The Morgan fingerprint density at radius 1 is 1.19 bits per heavy atom. The lowest BCUT2D eigenvalue weighted by Crippen LogP contribution is -2.52. The molecule has 1 saturated carbocycles. The maximum absolute atomic E-state index is 12.3. The fourth-order valence-corrected chi connectivity index (χ4v) is 3.59. The van der Waals surface area contributed by atoms with E-state index in [4.69, 9.17) is 0 Å². The SMILES string of the molecule is CN=C(NCCN1CCN(C(=O)C2CCC2)CC1)NC(C)CCC(C)(C)C. The molecule has 6 nitrogen and oxygen atoms in total. The van der Waals surface area contributed by atoms with E-state index in [1.807, 2.05) is 7.05 Å². The van der Waals surface area contributed by atoms with Crippen LogP contribution >= 0.6 is 0 Å². The summed E-state index contributed by atoms with van der Waals surface area (Å²) in [7, 11) is 1.83. The van der Waals surface area contributed by atoms with E-state index >= 15 is 0 Å². The second-order valence-electron chi connectivity index (χ2n) is 9.44. The second kappa shape index (κ2) is 10.3. The minimum atomic E-state index is 0.327. The van der Waals surface area contributed by atoms with Gasteiger partial charge in [-0.25, -0.2) is 0 Å². The van der Waals surface area contributed by atoms with E-state index in [1.165, 1.54) is 12.8 Å². The number of aliphatic imine (C=N–C) groups is 1. The molecular weight excluding hydrogens is 338 g/mol. The molecule has 0 aromatic heterocycles. The van der Waals surface area contributed by atoms with E-state index in [1.54, 1.807) is 0 Å². The molecule has 156 valence electrons. The quantitative estimate of drug-likeness (QED) is 0.526. The van der Waals surface area contributed by atoms with Crippen molar-refractivity contribution in [2.24, 2.45) is 16.3 Å². The van der Waals surface area contributed by atoms with E-state index < -0.39 is 0 Å². The second-order valence-corrected chi connectivity index (χ2v) is 9.44. The Morgan fingerprint density at radius 2 is 1.85 bits per heavy atom. The molecule has 1 aliphatic heterocycles. The van der Waals surface area contributed by atoms with Gasteiger partial charge in [0.05, 0.1) is 0 Å². The Balaban J connectivity index is 1.60. The van der Waals surface area contributed by atoms with E-state index in [0.29, 0.717) is 23.3 Å². The largest absolute Gasteiger partial charge is 0.355 e. The molecule has 1 unspecified atom stereocenters. The van der Waals surface area contributed by atoms with Crippen LogP contribution in [0.4, 0.5) is 0 Å². The predicted molar refractivity (Wildman–Crippen MR) is 113 cm³/mol. The van der Waals surface area contributed by atoms with E-state index in [2.05, 4.69) is 53.1 Å². The van der Waals surface area contributed by atoms with Gasteiger partial charge >= 0.3 is 0 Å². The molecule has 1 aliphatic carbocycles. The lowest BCUT2D eigenvalue weighted by molar-refractivity contribution is -0.139. The molecule has 0 radical (unpaired) electrons. The molecule has 2 fully saturated rings. The number of amides is 1. The molecule has 27 heavy (non-hydrogen) atoms. The fraction of sp³-hybridized carbons (Fsp3) is 0.905. The van der Waals surface area contributed by atoms with Crippen LogP contribution in [0.5, 0.6) is 0 Å². The molecule has 0 bridgehead atoms. The Bertz CT molecular complexity index is 487. The minimum absolute atomic E-state index is 0.327. The van der Waals surface area contributed by atoms with Crippen molar-refractivity contribution in [2.75, 3.05) is 46.3 Å². The van der Waals surface area contributed by atoms with Crippen LogP contribution < -0.4 is 10.6 Å². The van der Waals surface area contributed by atoms with Crippen molar-refractivity contribution in [3.8, 4) is 0 Å². The molecule has 2 rings (SSSR count). The van der Waals surface area contributed by atoms with Crippen molar-refractivity contribution < 1.29 is 4.79 Å². The van der Waals surface area contributed by atoms with Gasteiger partial charge in [0.1, 0.15) is 0 Å². The lowest BCUT2D eigenvalue weighted by Gasteiger charge is -2.38. The zero-order chi connectivity index (χ0) is 19.9. The minimum Gasteiger partial charge on any atom is -0.355 e.